The van der Waals surface area contributed by atoms with E-state index in [1.807, 2.05) is 0 Å². The number of ether oxygens (including phenoxy) is 1. The highest BCUT2D eigenvalue weighted by Gasteiger charge is 2.32. The van der Waals surface area contributed by atoms with Gasteiger partial charge >= 0.3 is 11.7 Å². The topological polar surface area (TPSA) is 122 Å². The normalized spacial score (nSPS) is 17.6. The molecule has 1 fully saturated rings. The maximum atomic E-state index is 12.4. The Morgan fingerprint density at radius 1 is 1.28 bits per heavy atom. The molecule has 1 aromatic heterocycles. The Kier molecular flexibility index (Phi) is 4.66. The van der Waals surface area contributed by atoms with E-state index in [0.717, 1.165) is 0 Å². The first-order chi connectivity index (χ1) is 12.0. The molecule has 9 nitrogen and oxygen atoms in total. The lowest BCUT2D eigenvalue weighted by molar-refractivity contribution is -0.158. The van der Waals surface area contributed by atoms with Gasteiger partial charge in [0, 0.05) is 19.5 Å². The number of nitrogens with one attached hydrogen (secondary N) is 1. The Balaban J connectivity index is 1.83. The van der Waals surface area contributed by atoms with E-state index in [2.05, 4.69) is 4.98 Å². The lowest BCUT2D eigenvalue weighted by Crippen LogP contribution is -2.52. The summed E-state index contributed by atoms with van der Waals surface area (Å²) in [6.45, 7) is 0.454. The molecular weight excluding hydrogens is 330 g/mol. The van der Waals surface area contributed by atoms with E-state index >= 15 is 0 Å². The Bertz CT molecular complexity index is 931. The van der Waals surface area contributed by atoms with Crippen LogP contribution in [0, 0.1) is 0 Å². The second-order valence-electron chi connectivity index (χ2n) is 5.69. The van der Waals surface area contributed by atoms with Crippen LogP contribution in [0.4, 0.5) is 0 Å². The van der Waals surface area contributed by atoms with Crippen LogP contribution in [-0.2, 0) is 20.9 Å². The summed E-state index contributed by atoms with van der Waals surface area (Å²) in [4.78, 5) is 51.1. The zero-order chi connectivity index (χ0) is 18.0. The number of carboxylic acid groups (broad SMARTS) is 1. The zero-order valence-electron chi connectivity index (χ0n) is 13.3. The number of benzene rings is 1. The third kappa shape index (κ3) is 3.31. The highest BCUT2D eigenvalue weighted by molar-refractivity contribution is 5.84. The van der Waals surface area contributed by atoms with Crippen LogP contribution in [0.5, 0.6) is 0 Å². The van der Waals surface area contributed by atoms with Crippen molar-refractivity contribution in [3.63, 3.8) is 0 Å². The second-order valence-corrected chi connectivity index (χ2v) is 5.69. The molecule has 1 aromatic carbocycles. The van der Waals surface area contributed by atoms with Gasteiger partial charge in [0.15, 0.2) is 6.04 Å². The Hall–Kier alpha value is -2.94. The van der Waals surface area contributed by atoms with Crippen LogP contribution < -0.4 is 11.2 Å². The fraction of sp³-hybridized carbons (Fsp3) is 0.375. The van der Waals surface area contributed by atoms with Crippen LogP contribution in [0.3, 0.4) is 0 Å². The number of carbonyl (C=O) groups is 2. The van der Waals surface area contributed by atoms with Crippen LogP contribution in [-0.4, -0.2) is 57.2 Å². The standard InChI is InChI=1S/C16H17N3O6/c20-13(18-7-8-25-9-12(18)15(22)23)5-6-19-11-4-2-1-3-10(11)14(21)17-16(19)24/h1-4,12H,5-9H2,(H,22,23)(H,17,21,24). The van der Waals surface area contributed by atoms with Gasteiger partial charge in [-0.15, -0.1) is 0 Å². The summed E-state index contributed by atoms with van der Waals surface area (Å²) in [5.74, 6) is -1.50. The Morgan fingerprint density at radius 3 is 2.80 bits per heavy atom. The van der Waals surface area contributed by atoms with Gasteiger partial charge in [0.1, 0.15) is 0 Å². The van der Waals surface area contributed by atoms with Gasteiger partial charge in [-0.25, -0.2) is 9.59 Å². The summed E-state index contributed by atoms with van der Waals surface area (Å²) in [5, 5.41) is 9.54. The van der Waals surface area contributed by atoms with Gasteiger partial charge in [-0.2, -0.15) is 0 Å². The fourth-order valence-electron chi connectivity index (χ4n) is 2.92. The molecule has 0 aliphatic carbocycles. The third-order valence-corrected chi connectivity index (χ3v) is 4.19. The molecule has 1 unspecified atom stereocenters. The number of fused-ring (bicyclic) bond motifs is 1. The van der Waals surface area contributed by atoms with E-state index in [-0.39, 0.29) is 38.6 Å². The molecule has 1 atom stereocenters. The van der Waals surface area contributed by atoms with Crippen LogP contribution in [0.25, 0.3) is 10.9 Å². The summed E-state index contributed by atoms with van der Waals surface area (Å²) in [5.41, 5.74) is -0.656. The number of hydrogen-bond acceptors (Lipinski definition) is 5. The molecule has 1 saturated heterocycles. The summed E-state index contributed by atoms with van der Waals surface area (Å²) in [6, 6.07) is 5.58. The molecule has 2 N–H and O–H groups in total. The van der Waals surface area contributed by atoms with Crippen molar-refractivity contribution in [2.24, 2.45) is 0 Å². The van der Waals surface area contributed by atoms with E-state index in [4.69, 9.17) is 4.74 Å². The minimum absolute atomic E-state index is 0.0403. The van der Waals surface area contributed by atoms with Gasteiger partial charge in [-0.1, -0.05) is 12.1 Å². The molecule has 1 aliphatic rings. The molecule has 3 rings (SSSR count). The number of amides is 1. The second kappa shape index (κ2) is 6.89. The van der Waals surface area contributed by atoms with E-state index in [0.29, 0.717) is 10.9 Å². The lowest BCUT2D eigenvalue weighted by Gasteiger charge is -2.33. The van der Waals surface area contributed by atoms with Crippen LogP contribution in [0.2, 0.25) is 0 Å². The highest BCUT2D eigenvalue weighted by Crippen LogP contribution is 2.11. The van der Waals surface area contributed by atoms with Crippen molar-refractivity contribution in [1.29, 1.82) is 0 Å². The first-order valence-electron chi connectivity index (χ1n) is 7.81. The number of morpholine rings is 1. The fourth-order valence-corrected chi connectivity index (χ4v) is 2.92. The molecule has 25 heavy (non-hydrogen) atoms. The van der Waals surface area contributed by atoms with Crippen LogP contribution >= 0.6 is 0 Å². The van der Waals surface area contributed by atoms with E-state index in [9.17, 15) is 24.3 Å². The molecule has 1 aliphatic heterocycles. The molecule has 1 amide bonds. The SMILES string of the molecule is O=C(O)C1COCCN1C(=O)CCn1c(=O)[nH]c(=O)c2ccccc21. The predicted octanol–water partition coefficient (Wildman–Crippen LogP) is -0.608. The van der Waals surface area contributed by atoms with Crippen molar-refractivity contribution in [2.75, 3.05) is 19.8 Å². The van der Waals surface area contributed by atoms with Gasteiger partial charge in [0.25, 0.3) is 5.56 Å². The van der Waals surface area contributed by atoms with Gasteiger partial charge in [-0.3, -0.25) is 19.1 Å². The van der Waals surface area contributed by atoms with E-state index in [1.54, 1.807) is 24.3 Å². The molecule has 0 radical (unpaired) electrons. The number of carbonyl (C=O) groups excluding carboxylic acids is 1. The number of H-pyrrole nitrogens is 1. The first kappa shape index (κ1) is 16.9. The van der Waals surface area contributed by atoms with Crippen LogP contribution in [0.1, 0.15) is 6.42 Å². The zero-order valence-corrected chi connectivity index (χ0v) is 13.3. The number of nitrogens with zero attached hydrogens (tertiary/aromatic N) is 2. The van der Waals surface area contributed by atoms with Crippen molar-refractivity contribution < 1.29 is 19.4 Å². The molecule has 9 heteroatoms. The van der Waals surface area contributed by atoms with Gasteiger partial charge in [0.05, 0.1) is 24.1 Å². The number of aromatic nitrogens is 2. The highest BCUT2D eigenvalue weighted by atomic mass is 16.5. The molecular formula is C16H17N3O6. The molecule has 0 bridgehead atoms. The Morgan fingerprint density at radius 2 is 2.04 bits per heavy atom. The van der Waals surface area contributed by atoms with Gasteiger partial charge < -0.3 is 14.7 Å². The number of para-hydroxylation sites is 1. The van der Waals surface area contributed by atoms with Crippen molar-refractivity contribution in [3.8, 4) is 0 Å². The summed E-state index contributed by atoms with van der Waals surface area (Å²) >= 11 is 0. The molecule has 2 aromatic rings. The number of aryl methyl sites for hydroxylation is 1. The number of aromatic amines is 1. The largest absolute Gasteiger partial charge is 0.480 e. The molecule has 0 spiro atoms. The number of aliphatic carboxylic acids is 1. The average molecular weight is 347 g/mol. The monoisotopic (exact) mass is 347 g/mol. The Labute approximate surface area is 141 Å². The van der Waals surface area contributed by atoms with E-state index < -0.39 is 23.3 Å². The van der Waals surface area contributed by atoms with E-state index in [1.165, 1.54) is 9.47 Å². The predicted molar refractivity (Wildman–Crippen MR) is 87.4 cm³/mol. The average Bonchev–Trinajstić information content (AvgIpc) is 2.61. The van der Waals surface area contributed by atoms with Crippen molar-refractivity contribution in [2.45, 2.75) is 19.0 Å². The van der Waals surface area contributed by atoms with Crippen LogP contribution in [0.15, 0.2) is 33.9 Å². The number of carboxylic acids is 1. The summed E-state index contributed by atoms with van der Waals surface area (Å²) in [6.07, 6.45) is -0.0558. The summed E-state index contributed by atoms with van der Waals surface area (Å²) in [7, 11) is 0. The maximum absolute atomic E-state index is 12.4. The van der Waals surface area contributed by atoms with Crippen molar-refractivity contribution in [1.82, 2.24) is 14.5 Å². The van der Waals surface area contributed by atoms with Crippen molar-refractivity contribution >= 4 is 22.8 Å². The van der Waals surface area contributed by atoms with Gasteiger partial charge in [-0.05, 0) is 12.1 Å². The third-order valence-electron chi connectivity index (χ3n) is 4.19. The molecule has 2 heterocycles. The quantitative estimate of drug-likeness (QED) is 0.761. The maximum Gasteiger partial charge on any atom is 0.328 e. The summed E-state index contributed by atoms with van der Waals surface area (Å²) < 4.78 is 6.42. The minimum Gasteiger partial charge on any atom is -0.480 e. The number of rotatable bonds is 4. The van der Waals surface area contributed by atoms with Gasteiger partial charge in [0.2, 0.25) is 5.91 Å². The van der Waals surface area contributed by atoms with Crippen molar-refractivity contribution in [3.05, 3.63) is 45.1 Å². The first-order valence-corrected chi connectivity index (χ1v) is 7.81. The number of hydrogen-bond donors (Lipinski definition) is 2. The molecule has 132 valence electrons. The minimum atomic E-state index is -1.13. The lowest BCUT2D eigenvalue weighted by atomic mass is 10.2. The molecule has 0 saturated carbocycles. The smallest absolute Gasteiger partial charge is 0.328 e.